The second kappa shape index (κ2) is 8.08. The maximum absolute atomic E-state index is 12.6. The highest BCUT2D eigenvalue weighted by molar-refractivity contribution is 7.92. The number of halogens is 1. The first-order chi connectivity index (χ1) is 13.5. The highest BCUT2D eigenvalue weighted by Gasteiger charge is 2.40. The molecule has 29 heavy (non-hydrogen) atoms. The van der Waals surface area contributed by atoms with Gasteiger partial charge in [0.25, 0.3) is 0 Å². The van der Waals surface area contributed by atoms with Gasteiger partial charge in [-0.1, -0.05) is 23.7 Å². The molecule has 9 heteroatoms. The summed E-state index contributed by atoms with van der Waals surface area (Å²) in [7, 11) is -6.86. The van der Waals surface area contributed by atoms with E-state index in [1.807, 2.05) is 0 Å². The number of sulfone groups is 2. The minimum Gasteiger partial charge on any atom is -0.340 e. The highest BCUT2D eigenvalue weighted by Crippen LogP contribution is 2.25. The number of carbonyl (C=O) groups excluding carboxylic acids is 1. The molecule has 2 aromatic rings. The van der Waals surface area contributed by atoms with Gasteiger partial charge in [0.2, 0.25) is 5.91 Å². The summed E-state index contributed by atoms with van der Waals surface area (Å²) in [5, 5.41) is -0.691. The molecule has 0 unspecified atom stereocenters. The Kier molecular flexibility index (Phi) is 6.08. The quantitative estimate of drug-likeness (QED) is 0.668. The van der Waals surface area contributed by atoms with Gasteiger partial charge in [-0.15, -0.1) is 0 Å². The molecule has 1 amide bonds. The van der Waals surface area contributed by atoms with E-state index >= 15 is 0 Å². The third kappa shape index (κ3) is 4.49. The maximum Gasteiger partial charge on any atom is 0.227 e. The average Bonchev–Trinajstić information content (AvgIpc) is 2.61. The molecule has 0 spiro atoms. The molecule has 0 aromatic heterocycles. The molecule has 0 radical (unpaired) electrons. The molecular formula is C20H22ClNO5S2. The summed E-state index contributed by atoms with van der Waals surface area (Å²) in [6.45, 7) is 3.52. The molecule has 1 saturated heterocycles. The lowest BCUT2D eigenvalue weighted by atomic mass is 10.1. The molecule has 0 atom stereocenters. The number of rotatable bonds is 6. The van der Waals surface area contributed by atoms with Crippen molar-refractivity contribution in [1.82, 2.24) is 4.90 Å². The fourth-order valence-electron chi connectivity index (χ4n) is 3.01. The lowest BCUT2D eigenvalue weighted by Gasteiger charge is -2.38. The second-order valence-electron chi connectivity index (χ2n) is 7.33. The molecule has 3 rings (SSSR count). The topological polar surface area (TPSA) is 88.6 Å². The zero-order valence-corrected chi connectivity index (χ0v) is 18.5. The summed E-state index contributed by atoms with van der Waals surface area (Å²) in [5.41, 5.74) is 0.682. The van der Waals surface area contributed by atoms with Crippen LogP contribution in [0.15, 0.2) is 58.3 Å². The lowest BCUT2D eigenvalue weighted by Crippen LogP contribution is -2.57. The van der Waals surface area contributed by atoms with E-state index in [2.05, 4.69) is 0 Å². The SMILES string of the molecule is CC(C)S(=O)(=O)c1ccc(CC(=O)N2CC(S(=O)(=O)c3ccc(Cl)cc3)C2)cc1. The molecule has 0 saturated carbocycles. The summed E-state index contributed by atoms with van der Waals surface area (Å²) in [4.78, 5) is 14.3. The van der Waals surface area contributed by atoms with Crippen molar-refractivity contribution in [1.29, 1.82) is 0 Å². The molecule has 1 aliphatic heterocycles. The molecule has 6 nitrogen and oxygen atoms in total. The van der Waals surface area contributed by atoms with Crippen LogP contribution in [-0.2, 0) is 30.9 Å². The third-order valence-electron chi connectivity index (χ3n) is 5.01. The van der Waals surface area contributed by atoms with Crippen LogP contribution in [0.3, 0.4) is 0 Å². The second-order valence-corrected chi connectivity index (χ2v) is 12.5. The molecule has 0 N–H and O–H groups in total. The van der Waals surface area contributed by atoms with Crippen molar-refractivity contribution >= 4 is 37.2 Å². The highest BCUT2D eigenvalue weighted by atomic mass is 35.5. The van der Waals surface area contributed by atoms with Gasteiger partial charge in [-0.3, -0.25) is 4.79 Å². The van der Waals surface area contributed by atoms with Crippen LogP contribution in [0, 0.1) is 0 Å². The molecule has 1 aliphatic rings. The maximum atomic E-state index is 12.6. The molecule has 0 bridgehead atoms. The summed E-state index contributed by atoms with van der Waals surface area (Å²) in [5.74, 6) is -0.188. The molecule has 1 heterocycles. The smallest absolute Gasteiger partial charge is 0.227 e. The number of hydrogen-bond acceptors (Lipinski definition) is 5. The Morgan fingerprint density at radius 3 is 2.00 bits per heavy atom. The predicted octanol–water partition coefficient (Wildman–Crippen LogP) is 2.75. The van der Waals surface area contributed by atoms with E-state index in [0.29, 0.717) is 10.6 Å². The number of nitrogens with zero attached hydrogens (tertiary/aromatic N) is 1. The van der Waals surface area contributed by atoms with Gasteiger partial charge in [-0.2, -0.15) is 0 Å². The zero-order chi connectivity index (χ0) is 21.4. The van der Waals surface area contributed by atoms with Crippen LogP contribution in [-0.4, -0.2) is 51.2 Å². The Bertz CT molecular complexity index is 1100. The summed E-state index contributed by atoms with van der Waals surface area (Å²) >= 11 is 5.80. The van der Waals surface area contributed by atoms with E-state index in [-0.39, 0.29) is 35.2 Å². The first-order valence-electron chi connectivity index (χ1n) is 9.12. The van der Waals surface area contributed by atoms with Crippen molar-refractivity contribution in [3.63, 3.8) is 0 Å². The normalized spacial score (nSPS) is 15.4. The van der Waals surface area contributed by atoms with Crippen LogP contribution < -0.4 is 0 Å². The molecule has 156 valence electrons. The van der Waals surface area contributed by atoms with Crippen molar-refractivity contribution in [2.75, 3.05) is 13.1 Å². The largest absolute Gasteiger partial charge is 0.340 e. The Labute approximate surface area is 176 Å². The van der Waals surface area contributed by atoms with Gasteiger partial charge < -0.3 is 4.90 Å². The van der Waals surface area contributed by atoms with Crippen molar-refractivity contribution < 1.29 is 21.6 Å². The zero-order valence-electron chi connectivity index (χ0n) is 16.1. The van der Waals surface area contributed by atoms with Crippen molar-refractivity contribution in [3.8, 4) is 0 Å². The van der Waals surface area contributed by atoms with E-state index in [4.69, 9.17) is 11.6 Å². The van der Waals surface area contributed by atoms with Gasteiger partial charge in [0, 0.05) is 18.1 Å². The van der Waals surface area contributed by atoms with Crippen LogP contribution in [0.4, 0.5) is 0 Å². The number of likely N-dealkylation sites (tertiary alicyclic amines) is 1. The minimum atomic E-state index is -3.51. The molecule has 1 fully saturated rings. The van der Waals surface area contributed by atoms with Crippen molar-refractivity contribution in [2.45, 2.75) is 40.6 Å². The van der Waals surface area contributed by atoms with Crippen LogP contribution in [0.2, 0.25) is 5.02 Å². The van der Waals surface area contributed by atoms with Crippen molar-refractivity contribution in [3.05, 3.63) is 59.1 Å². The first kappa shape index (κ1) is 21.8. The van der Waals surface area contributed by atoms with Crippen LogP contribution in [0.25, 0.3) is 0 Å². The fourth-order valence-corrected chi connectivity index (χ4v) is 5.85. The fraction of sp³-hybridized carbons (Fsp3) is 0.350. The molecule has 2 aromatic carbocycles. The molecular weight excluding hydrogens is 434 g/mol. The first-order valence-corrected chi connectivity index (χ1v) is 12.6. The average molecular weight is 456 g/mol. The van der Waals surface area contributed by atoms with E-state index in [1.54, 1.807) is 26.0 Å². The number of amides is 1. The van der Waals surface area contributed by atoms with Gasteiger partial charge >= 0.3 is 0 Å². The van der Waals surface area contributed by atoms with E-state index in [0.717, 1.165) is 0 Å². The van der Waals surface area contributed by atoms with Gasteiger partial charge in [-0.25, -0.2) is 16.8 Å². The van der Waals surface area contributed by atoms with Gasteiger partial charge in [0.1, 0.15) is 5.25 Å². The monoisotopic (exact) mass is 455 g/mol. The summed E-state index contributed by atoms with van der Waals surface area (Å²) in [6.07, 6.45) is 0.0930. The van der Waals surface area contributed by atoms with E-state index in [1.165, 1.54) is 41.3 Å². The Balaban J connectivity index is 1.60. The molecule has 0 aliphatic carbocycles. The Morgan fingerprint density at radius 2 is 1.48 bits per heavy atom. The number of hydrogen-bond donors (Lipinski definition) is 0. The summed E-state index contributed by atoms with van der Waals surface area (Å²) < 4.78 is 49.5. The standard InChI is InChI=1S/C20H22ClNO5S2/c1-14(2)28(24,25)17-7-3-15(4-8-17)11-20(23)22-12-19(13-22)29(26,27)18-9-5-16(21)6-10-18/h3-10,14,19H,11-13H2,1-2H3. The van der Waals surface area contributed by atoms with Gasteiger partial charge in [0.05, 0.1) is 21.5 Å². The predicted molar refractivity (Wildman–Crippen MR) is 111 cm³/mol. The lowest BCUT2D eigenvalue weighted by molar-refractivity contribution is -0.133. The van der Waals surface area contributed by atoms with Crippen LogP contribution >= 0.6 is 11.6 Å². The van der Waals surface area contributed by atoms with Gasteiger partial charge in [-0.05, 0) is 55.8 Å². The van der Waals surface area contributed by atoms with E-state index in [9.17, 15) is 21.6 Å². The minimum absolute atomic E-state index is 0.0930. The van der Waals surface area contributed by atoms with E-state index < -0.39 is 30.2 Å². The Hall–Kier alpha value is -1.90. The van der Waals surface area contributed by atoms with Crippen LogP contribution in [0.5, 0.6) is 0 Å². The summed E-state index contributed by atoms with van der Waals surface area (Å²) in [6, 6.07) is 12.2. The van der Waals surface area contributed by atoms with Crippen LogP contribution in [0.1, 0.15) is 19.4 Å². The number of carbonyl (C=O) groups is 1. The van der Waals surface area contributed by atoms with Crippen molar-refractivity contribution in [2.24, 2.45) is 0 Å². The number of benzene rings is 2. The van der Waals surface area contributed by atoms with Gasteiger partial charge in [0.15, 0.2) is 19.7 Å². The Morgan fingerprint density at radius 1 is 0.966 bits per heavy atom. The third-order valence-corrected chi connectivity index (χ3v) is 9.54.